The van der Waals surface area contributed by atoms with E-state index in [0.29, 0.717) is 10.9 Å². The van der Waals surface area contributed by atoms with Gasteiger partial charge in [0.25, 0.3) is 0 Å². The third kappa shape index (κ3) is 8.59. The van der Waals surface area contributed by atoms with Gasteiger partial charge in [0.15, 0.2) is 0 Å². The molecule has 0 aliphatic heterocycles. The van der Waals surface area contributed by atoms with Crippen LogP contribution in [0.5, 0.6) is 5.75 Å². The van der Waals surface area contributed by atoms with Crippen LogP contribution >= 0.6 is 11.6 Å². The van der Waals surface area contributed by atoms with Crippen molar-refractivity contribution >= 4 is 17.8 Å². The molecule has 0 bridgehead atoms. The molecule has 0 spiro atoms. The smallest absolute Gasteiger partial charge is 0.652 e. The zero-order valence-electron chi connectivity index (χ0n) is 9.77. The van der Waals surface area contributed by atoms with Crippen molar-refractivity contribution in [3.63, 3.8) is 0 Å². The second-order valence-electron chi connectivity index (χ2n) is 3.20. The Morgan fingerprint density at radius 1 is 1.29 bits per heavy atom. The summed E-state index contributed by atoms with van der Waals surface area (Å²) in [5, 5.41) is 26.6. The molecule has 0 aromatic heterocycles. The van der Waals surface area contributed by atoms with Crippen molar-refractivity contribution < 1.29 is 123 Å². The van der Waals surface area contributed by atoms with Crippen molar-refractivity contribution in [3.8, 4) is 5.75 Å². The van der Waals surface area contributed by atoms with E-state index >= 15 is 0 Å². The predicted molar refractivity (Wildman–Crippen MR) is 50.5 cm³/mol. The zero-order chi connectivity index (χ0) is 11.4. The number of hydrogen-bond acceptors (Lipinski definition) is 4. The Morgan fingerprint density at radius 2 is 1.76 bits per heavy atom. The van der Waals surface area contributed by atoms with E-state index in [9.17, 15) is 5.11 Å². The summed E-state index contributed by atoms with van der Waals surface area (Å²) in [6.45, 7) is 0. The molecule has 1 fully saturated rings. The fourth-order valence-corrected chi connectivity index (χ4v) is 1.44. The van der Waals surface area contributed by atoms with Crippen molar-refractivity contribution in [1.29, 1.82) is 0 Å². The molecule has 7 heteroatoms. The predicted octanol–water partition coefficient (Wildman–Crippen LogP) is -5.52. The number of benzene rings is 1. The van der Waals surface area contributed by atoms with E-state index in [1.807, 2.05) is 12.1 Å². The first-order chi connectivity index (χ1) is 7.02. The van der Waals surface area contributed by atoms with Crippen LogP contribution in [0.3, 0.4) is 0 Å². The minimum atomic E-state index is -2.33. The van der Waals surface area contributed by atoms with Crippen molar-refractivity contribution in [3.05, 3.63) is 28.8 Å². The van der Waals surface area contributed by atoms with E-state index < -0.39 is 6.16 Å². The summed E-state index contributed by atoms with van der Waals surface area (Å²) < 4.78 is 0. The molecule has 1 N–H and O–H groups in total. The van der Waals surface area contributed by atoms with E-state index in [2.05, 4.69) is 0 Å². The van der Waals surface area contributed by atoms with E-state index in [4.69, 9.17) is 26.6 Å². The number of phenolic OH excluding ortho intramolecular Hbond substituents is 1. The number of hydrogen-bond donors (Lipinski definition) is 1. The number of carbonyl (C=O) groups is 1. The molecule has 1 aliphatic carbocycles. The summed E-state index contributed by atoms with van der Waals surface area (Å²) in [5.41, 5.74) is 1.01. The van der Waals surface area contributed by atoms with Gasteiger partial charge in [-0.3, -0.25) is 0 Å². The van der Waals surface area contributed by atoms with Crippen LogP contribution in [0.1, 0.15) is 24.3 Å². The fraction of sp³-hybridized carbons (Fsp3) is 0.300. The number of rotatable bonds is 1. The van der Waals surface area contributed by atoms with Crippen molar-refractivity contribution in [1.82, 2.24) is 0 Å². The molecule has 1 aromatic carbocycles. The van der Waals surface area contributed by atoms with Crippen LogP contribution in [0.25, 0.3) is 0 Å². The Labute approximate surface area is 190 Å². The molecular weight excluding hydrogens is 298 g/mol. The molecule has 1 aliphatic rings. The minimum absolute atomic E-state index is 0. The maximum atomic E-state index is 9.48. The van der Waals surface area contributed by atoms with Gasteiger partial charge in [-0.05, 0) is 36.5 Å². The largest absolute Gasteiger partial charge is 1.00 e. The van der Waals surface area contributed by atoms with Crippen LogP contribution in [-0.2, 0) is 0 Å². The van der Waals surface area contributed by atoms with Crippen molar-refractivity contribution in [2.75, 3.05) is 0 Å². The van der Waals surface area contributed by atoms with Gasteiger partial charge in [0.05, 0.1) is 5.02 Å². The average molecular weight is 307 g/mol. The van der Waals surface area contributed by atoms with Crippen LogP contribution in [0, 0.1) is 0 Å². The van der Waals surface area contributed by atoms with Gasteiger partial charge in [0.1, 0.15) is 5.75 Å². The molecule has 0 amide bonds. The first-order valence-electron chi connectivity index (χ1n) is 4.37. The molecule has 0 radical (unpaired) electrons. The van der Waals surface area contributed by atoms with E-state index in [1.165, 1.54) is 12.8 Å². The molecule has 0 saturated heterocycles. The van der Waals surface area contributed by atoms with Crippen LogP contribution in [0.4, 0.5) is 4.79 Å². The molecule has 1 saturated carbocycles. The molecule has 0 unspecified atom stereocenters. The Hall–Kier alpha value is 1.85. The Morgan fingerprint density at radius 3 is 2.18 bits per heavy atom. The normalized spacial score (nSPS) is 12.3. The number of carbonyl (C=O) groups excluding carboxylic acids is 1. The number of carboxylic acid groups (broad SMARTS) is 2. The Bertz CT molecular complexity index is 365. The fourth-order valence-electron chi connectivity index (χ4n) is 1.26. The third-order valence-electron chi connectivity index (χ3n) is 2.04. The summed E-state index contributed by atoms with van der Waals surface area (Å²) in [5.74, 6) is 0.838. The first-order valence-corrected chi connectivity index (χ1v) is 4.75. The summed E-state index contributed by atoms with van der Waals surface area (Å²) in [6.07, 6.45) is 0.0435. The van der Waals surface area contributed by atoms with Crippen LogP contribution < -0.4 is 113 Å². The second-order valence-corrected chi connectivity index (χ2v) is 3.61. The van der Waals surface area contributed by atoms with Crippen molar-refractivity contribution in [2.24, 2.45) is 0 Å². The van der Waals surface area contributed by atoms with Gasteiger partial charge in [-0.2, -0.15) is 0 Å². The summed E-state index contributed by atoms with van der Waals surface area (Å²) >= 11 is 5.74. The Balaban J connectivity index is 0. The van der Waals surface area contributed by atoms with Crippen LogP contribution in [0.2, 0.25) is 5.02 Å². The maximum Gasteiger partial charge on any atom is 1.00 e. The second kappa shape index (κ2) is 10.6. The molecular formula is C10H9ClK2O4. The van der Waals surface area contributed by atoms with Gasteiger partial charge in [-0.1, -0.05) is 23.7 Å². The van der Waals surface area contributed by atoms with Gasteiger partial charge in [-0.25, -0.2) is 0 Å². The maximum absolute atomic E-state index is 9.48. The molecule has 4 nitrogen and oxygen atoms in total. The molecule has 17 heavy (non-hydrogen) atoms. The van der Waals surface area contributed by atoms with E-state index in [0.717, 1.165) is 5.56 Å². The molecule has 2 rings (SSSR count). The molecule has 0 atom stereocenters. The standard InChI is InChI=1S/C9H9ClO.CH2O3.2K/c10-8-3-1-2-7(9(8)11)6-4-5-6;2-1(3)4;;/h1-3,6,11H,4-5H2;(H2,2,3,4);;/q;;2*+1/p-2. The van der Waals surface area contributed by atoms with E-state index in [-0.39, 0.29) is 109 Å². The zero-order valence-corrected chi connectivity index (χ0v) is 16.8. The number of para-hydroxylation sites is 1. The molecule has 0 heterocycles. The van der Waals surface area contributed by atoms with Gasteiger partial charge in [-0.15, -0.1) is 0 Å². The third-order valence-corrected chi connectivity index (χ3v) is 2.34. The minimum Gasteiger partial charge on any atom is -0.652 e. The summed E-state index contributed by atoms with van der Waals surface area (Å²) in [7, 11) is 0. The summed E-state index contributed by atoms with van der Waals surface area (Å²) in [4.78, 5) is 8.33. The topological polar surface area (TPSA) is 83.4 Å². The van der Waals surface area contributed by atoms with Gasteiger partial charge < -0.3 is 20.1 Å². The van der Waals surface area contributed by atoms with Crippen LogP contribution in [-0.4, -0.2) is 11.3 Å². The number of halogens is 1. The monoisotopic (exact) mass is 306 g/mol. The van der Waals surface area contributed by atoms with Crippen LogP contribution in [0.15, 0.2) is 18.2 Å². The van der Waals surface area contributed by atoms with Crippen molar-refractivity contribution in [2.45, 2.75) is 18.8 Å². The average Bonchev–Trinajstić information content (AvgIpc) is 2.92. The Kier molecular flexibility index (Phi) is 13.2. The van der Waals surface area contributed by atoms with E-state index in [1.54, 1.807) is 6.07 Å². The first kappa shape index (κ1) is 21.2. The number of aromatic hydroxyl groups is 1. The quantitative estimate of drug-likeness (QED) is 0.525. The van der Waals surface area contributed by atoms with Gasteiger partial charge in [0.2, 0.25) is 0 Å². The van der Waals surface area contributed by atoms with Gasteiger partial charge in [0, 0.05) is 0 Å². The molecule has 1 aromatic rings. The number of phenols is 1. The van der Waals surface area contributed by atoms with Gasteiger partial charge >= 0.3 is 103 Å². The SMILES string of the molecule is O=C([O-])[O-].Oc1c(Cl)cccc1C1CC1.[K+].[K+]. The summed E-state index contributed by atoms with van der Waals surface area (Å²) in [6, 6.07) is 5.54. The molecule has 82 valence electrons.